The van der Waals surface area contributed by atoms with Crippen LogP contribution < -0.4 is 25.7 Å². The number of piperazine rings is 1. The maximum Gasteiger partial charge on any atom is 0.328 e. The standard InChI is InChI=1S/C33H38Cl2FN5O6/c1-6-47-32(44)19(4)38-33(45)41-17(2)14-39(15-18(41)3)28-26(36)12-23-27(30(28)46-5)40(22-9-10-22)16-24(29(23)42)31(43)37-13-20-7-8-21(34)11-25(20)35/h7-8,11-12,16-19,22H,6,9-10,13-15H2,1-5H3,(H,37,43)(H,38,45)/t17?,18?,19-/m0/s1. The number of nitrogens with one attached hydrogen (secondary N) is 2. The number of pyridine rings is 1. The van der Waals surface area contributed by atoms with Crippen LogP contribution in [0.25, 0.3) is 10.9 Å². The summed E-state index contributed by atoms with van der Waals surface area (Å²) in [6.45, 7) is 7.70. The summed E-state index contributed by atoms with van der Waals surface area (Å²) in [5.41, 5.74) is 0.445. The molecule has 1 aliphatic heterocycles. The van der Waals surface area contributed by atoms with Crippen molar-refractivity contribution in [2.75, 3.05) is 31.7 Å². The van der Waals surface area contributed by atoms with E-state index in [1.165, 1.54) is 13.3 Å². The van der Waals surface area contributed by atoms with Gasteiger partial charge in [0.1, 0.15) is 17.3 Å². The minimum atomic E-state index is -0.834. The van der Waals surface area contributed by atoms with Crippen LogP contribution >= 0.6 is 23.2 Å². The number of halogens is 3. The van der Waals surface area contributed by atoms with Gasteiger partial charge in [-0.2, -0.15) is 0 Å². The molecule has 2 unspecified atom stereocenters. The van der Waals surface area contributed by atoms with Gasteiger partial charge in [0.15, 0.2) is 11.6 Å². The van der Waals surface area contributed by atoms with E-state index in [2.05, 4.69) is 10.6 Å². The van der Waals surface area contributed by atoms with Gasteiger partial charge in [-0.15, -0.1) is 0 Å². The molecule has 2 aliphatic rings. The first-order chi connectivity index (χ1) is 22.4. The van der Waals surface area contributed by atoms with Crippen LogP contribution in [0.3, 0.4) is 0 Å². The van der Waals surface area contributed by atoms with Gasteiger partial charge in [-0.1, -0.05) is 29.3 Å². The van der Waals surface area contributed by atoms with Gasteiger partial charge in [0.05, 0.1) is 24.6 Å². The van der Waals surface area contributed by atoms with Crippen LogP contribution in [0, 0.1) is 5.82 Å². The van der Waals surface area contributed by atoms with Gasteiger partial charge < -0.3 is 34.5 Å². The summed E-state index contributed by atoms with van der Waals surface area (Å²) in [4.78, 5) is 55.7. The molecule has 3 aromatic rings. The lowest BCUT2D eigenvalue weighted by Gasteiger charge is -2.45. The number of benzene rings is 2. The minimum Gasteiger partial charge on any atom is -0.492 e. The molecule has 2 N–H and O–H groups in total. The SMILES string of the molecule is CCOC(=O)[C@H](C)NC(=O)N1C(C)CN(c2c(F)cc3c(=O)c(C(=O)NCc4ccc(Cl)cc4Cl)cn(C4CC4)c3c2OC)CC1C. The van der Waals surface area contributed by atoms with E-state index in [0.717, 1.165) is 18.9 Å². The lowest BCUT2D eigenvalue weighted by Crippen LogP contribution is -2.62. The van der Waals surface area contributed by atoms with Crippen molar-refractivity contribution >= 4 is 57.7 Å². The van der Waals surface area contributed by atoms with Gasteiger partial charge >= 0.3 is 12.0 Å². The summed E-state index contributed by atoms with van der Waals surface area (Å²) >= 11 is 12.2. The van der Waals surface area contributed by atoms with E-state index in [-0.39, 0.29) is 66.8 Å². The second-order valence-electron chi connectivity index (χ2n) is 12.0. The van der Waals surface area contributed by atoms with E-state index in [9.17, 15) is 19.2 Å². The fraction of sp³-hybridized carbons (Fsp3) is 0.455. The van der Waals surface area contributed by atoms with E-state index >= 15 is 4.39 Å². The number of esters is 1. The van der Waals surface area contributed by atoms with Crippen molar-refractivity contribution in [3.63, 3.8) is 0 Å². The van der Waals surface area contributed by atoms with Crippen molar-refractivity contribution in [3.05, 3.63) is 67.7 Å². The lowest BCUT2D eigenvalue weighted by atomic mass is 10.0. The number of hydrogen-bond acceptors (Lipinski definition) is 7. The number of carbonyl (C=O) groups excluding carboxylic acids is 3. The highest BCUT2D eigenvalue weighted by Gasteiger charge is 2.38. The van der Waals surface area contributed by atoms with Crippen LogP contribution in [0.1, 0.15) is 62.5 Å². The second kappa shape index (κ2) is 14.0. The highest BCUT2D eigenvalue weighted by molar-refractivity contribution is 6.35. The molecule has 11 nitrogen and oxygen atoms in total. The molecule has 3 atom stereocenters. The molecule has 2 aromatic carbocycles. The van der Waals surface area contributed by atoms with Gasteiger partial charge in [-0.05, 0) is 64.3 Å². The lowest BCUT2D eigenvalue weighted by molar-refractivity contribution is -0.144. The normalized spacial score (nSPS) is 18.6. The summed E-state index contributed by atoms with van der Waals surface area (Å²) in [5.74, 6) is -1.66. The highest BCUT2D eigenvalue weighted by Crippen LogP contribution is 2.44. The van der Waals surface area contributed by atoms with E-state index in [4.69, 9.17) is 32.7 Å². The molecule has 1 aromatic heterocycles. The number of urea groups is 1. The zero-order chi connectivity index (χ0) is 34.2. The predicted molar refractivity (Wildman–Crippen MR) is 178 cm³/mol. The molecule has 252 valence electrons. The average Bonchev–Trinajstić information content (AvgIpc) is 3.85. The van der Waals surface area contributed by atoms with Crippen molar-refractivity contribution in [1.82, 2.24) is 20.1 Å². The van der Waals surface area contributed by atoms with Crippen molar-refractivity contribution in [2.24, 2.45) is 0 Å². The Morgan fingerprint density at radius 2 is 1.79 bits per heavy atom. The molecule has 0 bridgehead atoms. The van der Waals surface area contributed by atoms with Gasteiger partial charge in [0, 0.05) is 54.0 Å². The van der Waals surface area contributed by atoms with E-state index in [0.29, 0.717) is 21.1 Å². The van der Waals surface area contributed by atoms with Gasteiger partial charge in [0.25, 0.3) is 5.91 Å². The van der Waals surface area contributed by atoms with Crippen LogP contribution in [-0.2, 0) is 16.1 Å². The molecule has 2 fully saturated rings. The molecule has 1 saturated heterocycles. The second-order valence-corrected chi connectivity index (χ2v) is 12.8. The first-order valence-corrected chi connectivity index (χ1v) is 16.3. The van der Waals surface area contributed by atoms with Crippen LogP contribution in [-0.4, -0.2) is 72.3 Å². The predicted octanol–water partition coefficient (Wildman–Crippen LogP) is 5.28. The Morgan fingerprint density at radius 1 is 1.11 bits per heavy atom. The average molecular weight is 691 g/mol. The molecular formula is C33H38Cl2FN5O6. The number of fused-ring (bicyclic) bond motifs is 1. The fourth-order valence-corrected chi connectivity index (χ4v) is 6.64. The molecule has 3 amide bonds. The molecule has 2 heterocycles. The third kappa shape index (κ3) is 6.99. The Hall–Kier alpha value is -4.03. The smallest absolute Gasteiger partial charge is 0.328 e. The molecular weight excluding hydrogens is 652 g/mol. The summed E-state index contributed by atoms with van der Waals surface area (Å²) in [5, 5.41) is 6.30. The third-order valence-corrected chi connectivity index (χ3v) is 9.08. The monoisotopic (exact) mass is 689 g/mol. The molecule has 14 heteroatoms. The van der Waals surface area contributed by atoms with Crippen LogP contribution in [0.15, 0.2) is 35.3 Å². The van der Waals surface area contributed by atoms with Crippen molar-refractivity contribution in [2.45, 2.75) is 71.2 Å². The Bertz CT molecular complexity index is 1770. The molecule has 1 aliphatic carbocycles. The van der Waals surface area contributed by atoms with Crippen molar-refractivity contribution in [3.8, 4) is 5.75 Å². The van der Waals surface area contributed by atoms with Crippen molar-refractivity contribution < 1.29 is 28.2 Å². The zero-order valence-electron chi connectivity index (χ0n) is 26.9. The number of ether oxygens (including phenoxy) is 2. The largest absolute Gasteiger partial charge is 0.492 e. The summed E-state index contributed by atoms with van der Waals surface area (Å²) in [6, 6.07) is 4.06. The Morgan fingerprint density at radius 3 is 2.38 bits per heavy atom. The van der Waals surface area contributed by atoms with Crippen LogP contribution in [0.5, 0.6) is 5.75 Å². The number of carbonyl (C=O) groups is 3. The fourth-order valence-electron chi connectivity index (χ4n) is 6.16. The van der Waals surface area contributed by atoms with E-state index in [1.807, 2.05) is 18.4 Å². The maximum atomic E-state index is 16.2. The highest BCUT2D eigenvalue weighted by atomic mass is 35.5. The first kappa shape index (κ1) is 34.3. The topological polar surface area (TPSA) is 122 Å². The number of aromatic nitrogens is 1. The third-order valence-electron chi connectivity index (χ3n) is 8.49. The number of rotatable bonds is 9. The van der Waals surface area contributed by atoms with Gasteiger partial charge in [0.2, 0.25) is 5.43 Å². The zero-order valence-corrected chi connectivity index (χ0v) is 28.4. The summed E-state index contributed by atoms with van der Waals surface area (Å²) < 4.78 is 28.8. The van der Waals surface area contributed by atoms with Crippen LogP contribution in [0.4, 0.5) is 14.9 Å². The molecule has 0 spiro atoms. The van der Waals surface area contributed by atoms with Gasteiger partial charge in [-0.3, -0.25) is 9.59 Å². The number of amides is 3. The Balaban J connectivity index is 1.46. The maximum absolute atomic E-state index is 16.2. The Labute approximate surface area is 281 Å². The van der Waals surface area contributed by atoms with Crippen molar-refractivity contribution in [1.29, 1.82) is 0 Å². The summed E-state index contributed by atoms with van der Waals surface area (Å²) in [7, 11) is 1.42. The number of anilines is 1. The quantitative estimate of drug-likeness (QED) is 0.293. The van der Waals surface area contributed by atoms with Crippen LogP contribution in [0.2, 0.25) is 10.0 Å². The Kier molecular flexibility index (Phi) is 10.2. The number of methoxy groups -OCH3 is 1. The molecule has 5 rings (SSSR count). The number of nitrogens with zero attached hydrogens (tertiary/aromatic N) is 3. The van der Waals surface area contributed by atoms with E-state index < -0.39 is 35.2 Å². The molecule has 0 radical (unpaired) electrons. The summed E-state index contributed by atoms with van der Waals surface area (Å²) in [6.07, 6.45) is 3.16. The molecule has 47 heavy (non-hydrogen) atoms. The minimum absolute atomic E-state index is 0.00218. The first-order valence-electron chi connectivity index (χ1n) is 15.5. The number of hydrogen-bond donors (Lipinski definition) is 2. The van der Waals surface area contributed by atoms with E-state index in [1.54, 1.807) is 41.8 Å². The molecule has 1 saturated carbocycles. The van der Waals surface area contributed by atoms with Gasteiger partial charge in [-0.25, -0.2) is 14.0 Å².